The fourth-order valence-corrected chi connectivity index (χ4v) is 2.60. The summed E-state index contributed by atoms with van der Waals surface area (Å²) in [5.41, 5.74) is 2.77. The molecule has 2 rings (SSSR count). The molecule has 0 heterocycles. The van der Waals surface area contributed by atoms with Gasteiger partial charge in [0.05, 0.1) is 0 Å². The first kappa shape index (κ1) is 12.8. The lowest BCUT2D eigenvalue weighted by molar-refractivity contribution is 0.112. The first-order valence-corrected chi connectivity index (χ1v) is 6.60. The molecule has 0 N–H and O–H groups in total. The van der Waals surface area contributed by atoms with Crippen LogP contribution in [-0.2, 0) is 5.75 Å². The normalized spacial score (nSPS) is 10.3. The average molecular weight is 260 g/mol. The van der Waals surface area contributed by atoms with Crippen LogP contribution >= 0.6 is 11.8 Å². The second-order valence-electron chi connectivity index (χ2n) is 4.05. The zero-order valence-corrected chi connectivity index (χ0v) is 10.8. The average Bonchev–Trinajstić information content (AvgIpc) is 2.38. The number of aldehydes is 1. The Morgan fingerprint density at radius 2 is 1.89 bits per heavy atom. The van der Waals surface area contributed by atoms with E-state index < -0.39 is 0 Å². The van der Waals surface area contributed by atoms with Crippen molar-refractivity contribution in [2.45, 2.75) is 17.6 Å². The quantitative estimate of drug-likeness (QED) is 0.604. The molecule has 0 spiro atoms. The maximum atomic E-state index is 13.0. The summed E-state index contributed by atoms with van der Waals surface area (Å²) in [4.78, 5) is 11.6. The summed E-state index contributed by atoms with van der Waals surface area (Å²) in [6.07, 6.45) is 0.832. The molecule has 2 aromatic rings. The first-order chi connectivity index (χ1) is 8.69. The smallest absolute Gasteiger partial charge is 0.150 e. The molecule has 92 valence electrons. The molecule has 0 saturated carbocycles. The Morgan fingerprint density at radius 1 is 1.17 bits per heavy atom. The van der Waals surface area contributed by atoms with Gasteiger partial charge in [0.25, 0.3) is 0 Å². The van der Waals surface area contributed by atoms with Crippen LogP contribution in [0.15, 0.2) is 47.4 Å². The fourth-order valence-electron chi connectivity index (χ4n) is 1.62. The van der Waals surface area contributed by atoms with Gasteiger partial charge < -0.3 is 0 Å². The van der Waals surface area contributed by atoms with E-state index in [4.69, 9.17) is 0 Å². The summed E-state index contributed by atoms with van der Waals surface area (Å²) in [7, 11) is 0. The van der Waals surface area contributed by atoms with Crippen molar-refractivity contribution in [1.82, 2.24) is 0 Å². The lowest BCUT2D eigenvalue weighted by Gasteiger charge is -2.06. The van der Waals surface area contributed by atoms with Crippen molar-refractivity contribution < 1.29 is 9.18 Å². The minimum Gasteiger partial charge on any atom is -0.298 e. The largest absolute Gasteiger partial charge is 0.298 e. The van der Waals surface area contributed by atoms with Gasteiger partial charge in [-0.2, -0.15) is 0 Å². The van der Waals surface area contributed by atoms with E-state index in [2.05, 4.69) is 0 Å². The molecule has 3 heteroatoms. The highest BCUT2D eigenvalue weighted by molar-refractivity contribution is 7.98. The molecule has 0 radical (unpaired) electrons. The van der Waals surface area contributed by atoms with Gasteiger partial charge in [0, 0.05) is 16.2 Å². The number of thioether (sulfide) groups is 1. The maximum Gasteiger partial charge on any atom is 0.150 e. The van der Waals surface area contributed by atoms with Crippen molar-refractivity contribution in [3.63, 3.8) is 0 Å². The Hall–Kier alpha value is -1.61. The number of hydrogen-bond donors (Lipinski definition) is 0. The third-order valence-corrected chi connectivity index (χ3v) is 3.78. The standard InChI is InChI=1S/C15H13FOS/c1-11-8-14(16)5-4-13(11)10-18-15-6-2-12(9-17)3-7-15/h2-9H,10H2,1H3. The summed E-state index contributed by atoms with van der Waals surface area (Å²) in [6, 6.07) is 12.3. The van der Waals surface area contributed by atoms with E-state index in [1.807, 2.05) is 25.1 Å². The first-order valence-electron chi connectivity index (χ1n) is 5.62. The SMILES string of the molecule is Cc1cc(F)ccc1CSc1ccc(C=O)cc1. The van der Waals surface area contributed by atoms with E-state index in [9.17, 15) is 9.18 Å². The molecular formula is C15H13FOS. The zero-order chi connectivity index (χ0) is 13.0. The predicted octanol–water partition coefficient (Wildman–Crippen LogP) is 4.24. The maximum absolute atomic E-state index is 13.0. The Morgan fingerprint density at radius 3 is 2.50 bits per heavy atom. The van der Waals surface area contributed by atoms with Gasteiger partial charge in [-0.25, -0.2) is 4.39 Å². The minimum atomic E-state index is -0.198. The van der Waals surface area contributed by atoms with Gasteiger partial charge in [0.1, 0.15) is 12.1 Å². The van der Waals surface area contributed by atoms with E-state index in [-0.39, 0.29) is 5.82 Å². The second kappa shape index (κ2) is 5.83. The molecule has 0 aliphatic heterocycles. The highest BCUT2D eigenvalue weighted by atomic mass is 32.2. The number of carbonyl (C=O) groups excluding carboxylic acids is 1. The number of aryl methyl sites for hydroxylation is 1. The number of carbonyl (C=O) groups is 1. The fraction of sp³-hybridized carbons (Fsp3) is 0.133. The van der Waals surface area contributed by atoms with Gasteiger partial charge in [-0.05, 0) is 42.3 Å². The predicted molar refractivity (Wildman–Crippen MR) is 72.5 cm³/mol. The van der Waals surface area contributed by atoms with Crippen LogP contribution in [0.5, 0.6) is 0 Å². The van der Waals surface area contributed by atoms with Crippen LogP contribution in [0.25, 0.3) is 0 Å². The van der Waals surface area contributed by atoms with Crippen LogP contribution in [0.3, 0.4) is 0 Å². The Labute approximate surface area is 110 Å². The molecule has 0 atom stereocenters. The van der Waals surface area contributed by atoms with Gasteiger partial charge in [-0.15, -0.1) is 11.8 Å². The van der Waals surface area contributed by atoms with Crippen molar-refractivity contribution in [1.29, 1.82) is 0 Å². The molecule has 0 aliphatic rings. The zero-order valence-electron chi connectivity index (χ0n) is 10.0. The van der Waals surface area contributed by atoms with Crippen molar-refractivity contribution >= 4 is 18.0 Å². The van der Waals surface area contributed by atoms with E-state index in [0.717, 1.165) is 28.1 Å². The number of benzene rings is 2. The van der Waals surface area contributed by atoms with Crippen molar-refractivity contribution in [2.75, 3.05) is 0 Å². The molecule has 18 heavy (non-hydrogen) atoms. The third kappa shape index (κ3) is 3.20. The topological polar surface area (TPSA) is 17.1 Å². The Balaban J connectivity index is 2.04. The van der Waals surface area contributed by atoms with E-state index in [1.165, 1.54) is 6.07 Å². The molecule has 0 aromatic heterocycles. The molecule has 0 bridgehead atoms. The molecule has 0 aliphatic carbocycles. The summed E-state index contributed by atoms with van der Waals surface area (Å²) >= 11 is 1.67. The van der Waals surface area contributed by atoms with Crippen molar-refractivity contribution in [3.05, 3.63) is 65.0 Å². The summed E-state index contributed by atoms with van der Waals surface area (Å²) in [5, 5.41) is 0. The lowest BCUT2D eigenvalue weighted by atomic mass is 10.1. The number of halogens is 1. The summed E-state index contributed by atoms with van der Waals surface area (Å²) in [5.74, 6) is 0.601. The Bertz CT molecular complexity index is 549. The van der Waals surface area contributed by atoms with Crippen LogP contribution < -0.4 is 0 Å². The molecule has 0 unspecified atom stereocenters. The Kier molecular flexibility index (Phi) is 4.15. The van der Waals surface area contributed by atoms with Crippen LogP contribution in [0.2, 0.25) is 0 Å². The van der Waals surface area contributed by atoms with Gasteiger partial charge in [-0.3, -0.25) is 4.79 Å². The van der Waals surface area contributed by atoms with Crippen LogP contribution in [0.1, 0.15) is 21.5 Å². The highest BCUT2D eigenvalue weighted by Gasteiger charge is 2.01. The van der Waals surface area contributed by atoms with Gasteiger partial charge in [-0.1, -0.05) is 18.2 Å². The molecule has 1 nitrogen and oxygen atoms in total. The van der Waals surface area contributed by atoms with Gasteiger partial charge >= 0.3 is 0 Å². The minimum absolute atomic E-state index is 0.198. The lowest BCUT2D eigenvalue weighted by Crippen LogP contribution is -1.88. The molecule has 0 fully saturated rings. The highest BCUT2D eigenvalue weighted by Crippen LogP contribution is 2.24. The third-order valence-electron chi connectivity index (χ3n) is 2.72. The summed E-state index contributed by atoms with van der Waals surface area (Å²) < 4.78 is 13.0. The molecule has 0 amide bonds. The monoisotopic (exact) mass is 260 g/mol. The van der Waals surface area contributed by atoms with E-state index in [0.29, 0.717) is 5.56 Å². The van der Waals surface area contributed by atoms with Crippen molar-refractivity contribution in [2.24, 2.45) is 0 Å². The summed E-state index contributed by atoms with van der Waals surface area (Å²) in [6.45, 7) is 1.91. The molecular weight excluding hydrogens is 247 g/mol. The van der Waals surface area contributed by atoms with Crippen LogP contribution in [0, 0.1) is 12.7 Å². The van der Waals surface area contributed by atoms with Crippen LogP contribution in [-0.4, -0.2) is 6.29 Å². The molecule has 2 aromatic carbocycles. The van der Waals surface area contributed by atoms with E-state index in [1.54, 1.807) is 30.0 Å². The number of rotatable bonds is 4. The molecule has 0 saturated heterocycles. The van der Waals surface area contributed by atoms with Crippen LogP contribution in [0.4, 0.5) is 4.39 Å². The van der Waals surface area contributed by atoms with Crippen molar-refractivity contribution in [3.8, 4) is 0 Å². The van der Waals surface area contributed by atoms with Gasteiger partial charge in [0.2, 0.25) is 0 Å². The second-order valence-corrected chi connectivity index (χ2v) is 5.10. The number of hydrogen-bond acceptors (Lipinski definition) is 2. The van der Waals surface area contributed by atoms with Gasteiger partial charge in [0.15, 0.2) is 0 Å². The van der Waals surface area contributed by atoms with E-state index >= 15 is 0 Å².